The molecule has 2 aliphatic heterocycles. The number of nitrogens with zero attached hydrogens (tertiary/aromatic N) is 2. The summed E-state index contributed by atoms with van der Waals surface area (Å²) in [6.07, 6.45) is 2.90. The van der Waals surface area contributed by atoms with Crippen LogP contribution in [0, 0.1) is 6.92 Å². The third kappa shape index (κ3) is 4.58. The van der Waals surface area contributed by atoms with E-state index in [0.717, 1.165) is 36.0 Å². The van der Waals surface area contributed by atoms with Crippen LogP contribution in [-0.4, -0.2) is 53.8 Å². The number of carbonyl (C=O) groups excluding carboxylic acids is 3. The molecule has 0 radical (unpaired) electrons. The van der Waals surface area contributed by atoms with Crippen LogP contribution in [-0.2, 0) is 31.1 Å². The van der Waals surface area contributed by atoms with Crippen LogP contribution in [0.4, 0.5) is 0 Å². The number of ether oxygens (including phenoxy) is 1. The van der Waals surface area contributed by atoms with Gasteiger partial charge in [-0.25, -0.2) is 0 Å². The second kappa shape index (κ2) is 9.87. The zero-order chi connectivity index (χ0) is 23.4. The summed E-state index contributed by atoms with van der Waals surface area (Å²) >= 11 is 0. The number of methoxy groups -OCH3 is 1. The van der Waals surface area contributed by atoms with E-state index in [4.69, 9.17) is 4.74 Å². The molecule has 0 aliphatic carbocycles. The highest BCUT2D eigenvalue weighted by Crippen LogP contribution is 2.42. The van der Waals surface area contributed by atoms with E-state index in [9.17, 15) is 14.4 Å². The number of benzene rings is 2. The van der Waals surface area contributed by atoms with Gasteiger partial charge >= 0.3 is 0 Å². The molecule has 174 valence electrons. The molecule has 0 spiro atoms. The van der Waals surface area contributed by atoms with E-state index in [1.54, 1.807) is 7.11 Å². The lowest BCUT2D eigenvalue weighted by Crippen LogP contribution is -2.49. The van der Waals surface area contributed by atoms with E-state index < -0.39 is 5.41 Å². The van der Waals surface area contributed by atoms with E-state index in [2.05, 4.69) is 0 Å². The molecular weight excluding hydrogens is 416 g/mol. The third-order valence-corrected chi connectivity index (χ3v) is 7.01. The summed E-state index contributed by atoms with van der Waals surface area (Å²) in [5.41, 5.74) is 1.40. The lowest BCUT2D eigenvalue weighted by molar-refractivity contribution is -0.144. The maximum atomic E-state index is 13.9. The van der Waals surface area contributed by atoms with Gasteiger partial charge in [0.2, 0.25) is 17.7 Å². The van der Waals surface area contributed by atoms with Crippen LogP contribution in [0.2, 0.25) is 0 Å². The van der Waals surface area contributed by atoms with Crippen LogP contribution in [0.5, 0.6) is 0 Å². The van der Waals surface area contributed by atoms with Crippen molar-refractivity contribution < 1.29 is 19.1 Å². The van der Waals surface area contributed by atoms with Crippen molar-refractivity contribution in [3.8, 4) is 0 Å². The van der Waals surface area contributed by atoms with Crippen molar-refractivity contribution in [3.63, 3.8) is 0 Å². The monoisotopic (exact) mass is 448 g/mol. The number of piperidine rings is 1. The fourth-order valence-corrected chi connectivity index (χ4v) is 5.33. The number of rotatable bonds is 7. The molecule has 2 fully saturated rings. The smallest absolute Gasteiger partial charge is 0.241 e. The molecule has 4 rings (SSSR count). The molecule has 33 heavy (non-hydrogen) atoms. The van der Waals surface area contributed by atoms with Gasteiger partial charge in [0.05, 0.1) is 24.6 Å². The Kier molecular flexibility index (Phi) is 6.94. The molecule has 2 aromatic rings. The SMILES string of the molecule is COCC1CCCCN1C(=O)CC1(c2ccccc2C)CC(=O)N(Cc2ccccc2)C1=O. The quantitative estimate of drug-likeness (QED) is 0.607. The highest BCUT2D eigenvalue weighted by Gasteiger charge is 2.54. The van der Waals surface area contributed by atoms with Crippen LogP contribution >= 0.6 is 0 Å². The van der Waals surface area contributed by atoms with Crippen molar-refractivity contribution in [2.75, 3.05) is 20.3 Å². The number of aryl methyl sites for hydroxylation is 1. The lowest BCUT2D eigenvalue weighted by Gasteiger charge is -2.38. The maximum absolute atomic E-state index is 13.9. The Hall–Kier alpha value is -2.99. The molecule has 2 aliphatic rings. The average Bonchev–Trinajstić information content (AvgIpc) is 3.05. The summed E-state index contributed by atoms with van der Waals surface area (Å²) in [5.74, 6) is -0.589. The number of imide groups is 1. The van der Waals surface area contributed by atoms with Crippen molar-refractivity contribution in [3.05, 3.63) is 71.3 Å². The van der Waals surface area contributed by atoms with Crippen molar-refractivity contribution in [2.24, 2.45) is 0 Å². The summed E-state index contributed by atoms with van der Waals surface area (Å²) in [6.45, 7) is 3.30. The summed E-state index contributed by atoms with van der Waals surface area (Å²) in [5, 5.41) is 0. The first-order valence-corrected chi connectivity index (χ1v) is 11.7. The van der Waals surface area contributed by atoms with Gasteiger partial charge < -0.3 is 9.64 Å². The molecule has 2 saturated heterocycles. The fourth-order valence-electron chi connectivity index (χ4n) is 5.33. The molecule has 6 heteroatoms. The Morgan fingerprint density at radius 2 is 1.79 bits per heavy atom. The summed E-state index contributed by atoms with van der Waals surface area (Å²) < 4.78 is 5.36. The molecule has 0 saturated carbocycles. The Labute approximate surface area is 195 Å². The van der Waals surface area contributed by atoms with E-state index in [1.807, 2.05) is 66.4 Å². The molecule has 3 amide bonds. The molecule has 0 aromatic heterocycles. The van der Waals surface area contributed by atoms with Crippen LogP contribution < -0.4 is 0 Å². The van der Waals surface area contributed by atoms with Gasteiger partial charge in [-0.15, -0.1) is 0 Å². The van der Waals surface area contributed by atoms with Crippen molar-refractivity contribution in [2.45, 2.75) is 57.0 Å². The lowest BCUT2D eigenvalue weighted by atomic mass is 9.73. The van der Waals surface area contributed by atoms with Crippen LogP contribution in [0.3, 0.4) is 0 Å². The fraction of sp³-hybridized carbons (Fsp3) is 0.444. The Balaban J connectivity index is 1.68. The predicted molar refractivity (Wildman–Crippen MR) is 125 cm³/mol. The minimum absolute atomic E-state index is 0.00602. The minimum atomic E-state index is -1.18. The van der Waals surface area contributed by atoms with Crippen molar-refractivity contribution >= 4 is 17.7 Å². The Morgan fingerprint density at radius 3 is 2.52 bits per heavy atom. The van der Waals surface area contributed by atoms with Crippen LogP contribution in [0.25, 0.3) is 0 Å². The average molecular weight is 449 g/mol. The number of amides is 3. The number of hydrogen-bond acceptors (Lipinski definition) is 4. The second-order valence-electron chi connectivity index (χ2n) is 9.21. The molecule has 6 nitrogen and oxygen atoms in total. The molecule has 0 N–H and O–H groups in total. The highest BCUT2D eigenvalue weighted by molar-refractivity contribution is 6.10. The van der Waals surface area contributed by atoms with Gasteiger partial charge in [0.25, 0.3) is 0 Å². The Morgan fingerprint density at radius 1 is 1.06 bits per heavy atom. The zero-order valence-electron chi connectivity index (χ0n) is 19.5. The van der Waals surface area contributed by atoms with Gasteiger partial charge in [0.1, 0.15) is 0 Å². The number of hydrogen-bond donors (Lipinski definition) is 0. The maximum Gasteiger partial charge on any atom is 0.241 e. The van der Waals surface area contributed by atoms with Gasteiger partial charge in [-0.05, 0) is 42.9 Å². The van der Waals surface area contributed by atoms with E-state index in [0.29, 0.717) is 13.2 Å². The van der Waals surface area contributed by atoms with Gasteiger partial charge in [-0.1, -0.05) is 54.6 Å². The topological polar surface area (TPSA) is 66.9 Å². The van der Waals surface area contributed by atoms with E-state index in [-0.39, 0.29) is 43.1 Å². The van der Waals surface area contributed by atoms with Gasteiger partial charge in [-0.3, -0.25) is 19.3 Å². The molecule has 2 aromatic carbocycles. The van der Waals surface area contributed by atoms with Gasteiger partial charge in [0, 0.05) is 26.5 Å². The zero-order valence-corrected chi connectivity index (χ0v) is 19.5. The normalized spacial score (nSPS) is 23.3. The highest BCUT2D eigenvalue weighted by atomic mass is 16.5. The molecular formula is C27H32N2O4. The molecule has 2 atom stereocenters. The summed E-state index contributed by atoms with van der Waals surface area (Å²) in [6, 6.07) is 17.1. The standard InChI is InChI=1S/C27H32N2O4/c1-20-10-6-7-14-23(20)27(16-24(30)28-15-9-8-13-22(28)19-33-2)17-25(31)29(26(27)32)18-21-11-4-3-5-12-21/h3-7,10-12,14,22H,8-9,13,15-19H2,1-2H3. The number of likely N-dealkylation sites (tertiary alicyclic amines) is 2. The van der Waals surface area contributed by atoms with E-state index >= 15 is 0 Å². The minimum Gasteiger partial charge on any atom is -0.383 e. The van der Waals surface area contributed by atoms with Crippen LogP contribution in [0.15, 0.2) is 54.6 Å². The van der Waals surface area contributed by atoms with Crippen molar-refractivity contribution in [1.29, 1.82) is 0 Å². The van der Waals surface area contributed by atoms with E-state index in [1.165, 1.54) is 4.90 Å². The second-order valence-corrected chi connectivity index (χ2v) is 9.21. The first-order valence-electron chi connectivity index (χ1n) is 11.7. The first kappa shape index (κ1) is 23.2. The molecule has 2 heterocycles. The summed E-state index contributed by atoms with van der Waals surface area (Å²) in [4.78, 5) is 43.9. The first-order chi connectivity index (χ1) is 16.0. The van der Waals surface area contributed by atoms with Gasteiger partial charge in [0.15, 0.2) is 0 Å². The largest absolute Gasteiger partial charge is 0.383 e. The number of carbonyl (C=O) groups is 3. The summed E-state index contributed by atoms with van der Waals surface area (Å²) in [7, 11) is 1.65. The predicted octanol–water partition coefficient (Wildman–Crippen LogP) is 3.61. The van der Waals surface area contributed by atoms with Crippen molar-refractivity contribution in [1.82, 2.24) is 9.80 Å². The molecule has 2 unspecified atom stereocenters. The Bertz CT molecular complexity index is 1020. The molecule has 0 bridgehead atoms. The van der Waals surface area contributed by atoms with Crippen LogP contribution in [0.1, 0.15) is 48.8 Å². The third-order valence-electron chi connectivity index (χ3n) is 7.01. The van der Waals surface area contributed by atoms with Gasteiger partial charge in [-0.2, -0.15) is 0 Å².